The van der Waals surface area contributed by atoms with Gasteiger partial charge in [0, 0.05) is 13.7 Å². The fourth-order valence-corrected chi connectivity index (χ4v) is 1.85. The van der Waals surface area contributed by atoms with Gasteiger partial charge in [-0.25, -0.2) is 0 Å². The minimum Gasteiger partial charge on any atom is -0.492 e. The minimum atomic E-state index is -0.0391. The summed E-state index contributed by atoms with van der Waals surface area (Å²) < 4.78 is 10.5. The van der Waals surface area contributed by atoms with Gasteiger partial charge in [0.2, 0.25) is 5.91 Å². The summed E-state index contributed by atoms with van der Waals surface area (Å²) in [5, 5.41) is 5.79. The molecule has 0 aromatic heterocycles. The molecule has 1 amide bonds. The molecule has 0 saturated carbocycles. The van der Waals surface area contributed by atoms with Crippen molar-refractivity contribution in [1.29, 1.82) is 0 Å². The first-order valence-corrected chi connectivity index (χ1v) is 7.63. The second-order valence-corrected chi connectivity index (χ2v) is 6.14. The molecule has 0 spiro atoms. The van der Waals surface area contributed by atoms with E-state index in [1.165, 1.54) is 5.56 Å². The Kier molecular flexibility index (Phi) is 10.6. The Morgan fingerprint density at radius 2 is 1.74 bits per heavy atom. The van der Waals surface area contributed by atoms with Crippen LogP contribution in [-0.2, 0) is 14.9 Å². The van der Waals surface area contributed by atoms with Crippen molar-refractivity contribution in [1.82, 2.24) is 10.6 Å². The molecule has 1 rings (SSSR count). The molecule has 0 aliphatic carbocycles. The minimum absolute atomic E-state index is 0. The van der Waals surface area contributed by atoms with E-state index >= 15 is 0 Å². The summed E-state index contributed by atoms with van der Waals surface area (Å²) in [6.07, 6.45) is 0. The first-order valence-electron chi connectivity index (χ1n) is 7.63. The zero-order chi connectivity index (χ0) is 16.4. The second-order valence-electron chi connectivity index (χ2n) is 6.14. The lowest BCUT2D eigenvalue weighted by molar-refractivity contribution is -0.120. The van der Waals surface area contributed by atoms with Crippen molar-refractivity contribution >= 4 is 18.3 Å². The molecule has 0 aliphatic rings. The Labute approximate surface area is 145 Å². The van der Waals surface area contributed by atoms with Crippen molar-refractivity contribution in [2.75, 3.05) is 40.0 Å². The number of rotatable bonds is 9. The highest BCUT2D eigenvalue weighted by Crippen LogP contribution is 2.24. The standard InChI is InChI=1S/C17H28N2O3.ClH/c1-17(2,3)14-5-7-15(8-6-14)22-12-10-19-16(20)13-18-9-11-21-4;/h5-8,18H,9-13H2,1-4H3,(H,19,20);1H. The third kappa shape index (κ3) is 9.43. The topological polar surface area (TPSA) is 59.6 Å². The van der Waals surface area contributed by atoms with Crippen molar-refractivity contribution in [3.8, 4) is 5.75 Å². The maximum Gasteiger partial charge on any atom is 0.234 e. The summed E-state index contributed by atoms with van der Waals surface area (Å²) >= 11 is 0. The van der Waals surface area contributed by atoms with Crippen LogP contribution < -0.4 is 15.4 Å². The smallest absolute Gasteiger partial charge is 0.234 e. The molecule has 0 aliphatic heterocycles. The number of benzene rings is 1. The zero-order valence-electron chi connectivity index (χ0n) is 14.5. The fraction of sp³-hybridized carbons (Fsp3) is 0.588. The number of ether oxygens (including phenoxy) is 2. The van der Waals surface area contributed by atoms with E-state index in [-0.39, 0.29) is 23.7 Å². The van der Waals surface area contributed by atoms with Crippen LogP contribution in [-0.4, -0.2) is 45.9 Å². The van der Waals surface area contributed by atoms with Gasteiger partial charge < -0.3 is 20.1 Å². The molecule has 0 atom stereocenters. The Bertz CT molecular complexity index is 444. The number of carbonyl (C=O) groups is 1. The average molecular weight is 345 g/mol. The van der Waals surface area contributed by atoms with E-state index in [0.717, 1.165) is 5.75 Å². The van der Waals surface area contributed by atoms with Crippen molar-refractivity contribution < 1.29 is 14.3 Å². The maximum absolute atomic E-state index is 11.5. The highest BCUT2D eigenvalue weighted by Gasteiger charge is 2.12. The molecule has 1 aromatic carbocycles. The zero-order valence-corrected chi connectivity index (χ0v) is 15.3. The van der Waals surface area contributed by atoms with Crippen molar-refractivity contribution in [2.24, 2.45) is 0 Å². The molecule has 0 saturated heterocycles. The fourth-order valence-electron chi connectivity index (χ4n) is 1.85. The molecule has 0 radical (unpaired) electrons. The summed E-state index contributed by atoms with van der Waals surface area (Å²) in [6, 6.07) is 8.09. The molecule has 2 N–H and O–H groups in total. The van der Waals surface area contributed by atoms with Gasteiger partial charge >= 0.3 is 0 Å². The normalized spacial score (nSPS) is 10.8. The first kappa shape index (κ1) is 21.7. The Morgan fingerprint density at radius 3 is 2.30 bits per heavy atom. The van der Waals surface area contributed by atoms with Gasteiger partial charge in [0.05, 0.1) is 19.7 Å². The molecule has 0 fully saturated rings. The van der Waals surface area contributed by atoms with Gasteiger partial charge in [0.25, 0.3) is 0 Å². The molecular formula is C17H29ClN2O3. The van der Waals surface area contributed by atoms with E-state index < -0.39 is 0 Å². The lowest BCUT2D eigenvalue weighted by Crippen LogP contribution is -2.37. The molecular weight excluding hydrogens is 316 g/mol. The van der Waals surface area contributed by atoms with E-state index in [4.69, 9.17) is 9.47 Å². The largest absolute Gasteiger partial charge is 0.492 e. The number of hydrogen-bond donors (Lipinski definition) is 2. The van der Waals surface area contributed by atoms with E-state index in [0.29, 0.717) is 32.8 Å². The number of carbonyl (C=O) groups excluding carboxylic acids is 1. The van der Waals surface area contributed by atoms with E-state index in [2.05, 4.69) is 43.5 Å². The molecule has 1 aromatic rings. The maximum atomic E-state index is 11.5. The van der Waals surface area contributed by atoms with Gasteiger partial charge in [-0.3, -0.25) is 4.79 Å². The van der Waals surface area contributed by atoms with Crippen LogP contribution in [0.15, 0.2) is 24.3 Å². The predicted molar refractivity (Wildman–Crippen MR) is 95.6 cm³/mol. The van der Waals surface area contributed by atoms with Crippen LogP contribution in [0.4, 0.5) is 0 Å². The van der Waals surface area contributed by atoms with Crippen LogP contribution in [0.1, 0.15) is 26.3 Å². The average Bonchev–Trinajstić information content (AvgIpc) is 2.48. The molecule has 0 unspecified atom stereocenters. The molecule has 6 heteroatoms. The Balaban J connectivity index is 0.00000484. The number of amides is 1. The van der Waals surface area contributed by atoms with Gasteiger partial charge in [-0.05, 0) is 23.1 Å². The third-order valence-corrected chi connectivity index (χ3v) is 3.18. The number of methoxy groups -OCH3 is 1. The second kappa shape index (κ2) is 11.3. The van der Waals surface area contributed by atoms with Gasteiger partial charge in [-0.2, -0.15) is 0 Å². The Morgan fingerprint density at radius 1 is 1.09 bits per heavy atom. The van der Waals surface area contributed by atoms with E-state index in [1.807, 2.05) is 12.1 Å². The lowest BCUT2D eigenvalue weighted by atomic mass is 9.87. The summed E-state index contributed by atoms with van der Waals surface area (Å²) in [5.74, 6) is 0.781. The van der Waals surface area contributed by atoms with E-state index in [1.54, 1.807) is 7.11 Å². The van der Waals surface area contributed by atoms with Gasteiger partial charge in [-0.15, -0.1) is 12.4 Å². The van der Waals surface area contributed by atoms with Crippen LogP contribution in [0.3, 0.4) is 0 Å². The van der Waals surface area contributed by atoms with Crippen LogP contribution in [0, 0.1) is 0 Å². The van der Waals surface area contributed by atoms with Crippen LogP contribution in [0.25, 0.3) is 0 Å². The van der Waals surface area contributed by atoms with Crippen LogP contribution in [0.5, 0.6) is 5.75 Å². The monoisotopic (exact) mass is 344 g/mol. The van der Waals surface area contributed by atoms with Crippen LogP contribution >= 0.6 is 12.4 Å². The lowest BCUT2D eigenvalue weighted by Gasteiger charge is -2.19. The van der Waals surface area contributed by atoms with Crippen molar-refractivity contribution in [2.45, 2.75) is 26.2 Å². The number of halogens is 1. The number of hydrogen-bond acceptors (Lipinski definition) is 4. The quantitative estimate of drug-likeness (QED) is 0.674. The van der Waals surface area contributed by atoms with Crippen LogP contribution in [0.2, 0.25) is 0 Å². The van der Waals surface area contributed by atoms with Gasteiger partial charge in [0.1, 0.15) is 12.4 Å². The SMILES string of the molecule is COCCNCC(=O)NCCOc1ccc(C(C)(C)C)cc1.Cl. The molecule has 23 heavy (non-hydrogen) atoms. The summed E-state index contributed by atoms with van der Waals surface area (Å²) in [7, 11) is 1.63. The Hall–Kier alpha value is -1.30. The van der Waals surface area contributed by atoms with E-state index in [9.17, 15) is 4.79 Å². The van der Waals surface area contributed by atoms with Crippen molar-refractivity contribution in [3.05, 3.63) is 29.8 Å². The summed E-state index contributed by atoms with van der Waals surface area (Å²) in [5.41, 5.74) is 1.41. The highest BCUT2D eigenvalue weighted by atomic mass is 35.5. The van der Waals surface area contributed by atoms with Gasteiger partial charge in [-0.1, -0.05) is 32.9 Å². The van der Waals surface area contributed by atoms with Crippen molar-refractivity contribution in [3.63, 3.8) is 0 Å². The molecule has 0 heterocycles. The number of nitrogens with one attached hydrogen (secondary N) is 2. The molecule has 0 bridgehead atoms. The molecule has 5 nitrogen and oxygen atoms in total. The highest BCUT2D eigenvalue weighted by molar-refractivity contribution is 5.85. The summed E-state index contributed by atoms with van der Waals surface area (Å²) in [6.45, 7) is 9.05. The van der Waals surface area contributed by atoms with Gasteiger partial charge in [0.15, 0.2) is 0 Å². The summed E-state index contributed by atoms with van der Waals surface area (Å²) in [4.78, 5) is 11.5. The predicted octanol–water partition coefficient (Wildman–Crippen LogP) is 2.14. The first-order chi connectivity index (χ1) is 10.4. The molecule has 132 valence electrons. The third-order valence-electron chi connectivity index (χ3n) is 3.18.